The predicted octanol–water partition coefficient (Wildman–Crippen LogP) is 3.74. The van der Waals surface area contributed by atoms with Gasteiger partial charge in [-0.05, 0) is 48.4 Å². The van der Waals surface area contributed by atoms with Crippen molar-refractivity contribution in [3.63, 3.8) is 0 Å². The Morgan fingerprint density at radius 1 is 1.13 bits per heavy atom. The molecule has 4 heterocycles. The maximum atomic E-state index is 12.0. The van der Waals surface area contributed by atoms with E-state index < -0.39 is 36.5 Å². The molecule has 0 bridgehead atoms. The van der Waals surface area contributed by atoms with Crippen LogP contribution in [0.2, 0.25) is 5.28 Å². The van der Waals surface area contributed by atoms with Gasteiger partial charge in [-0.3, -0.25) is 14.2 Å². The number of ether oxygens (including phenoxy) is 3. The van der Waals surface area contributed by atoms with Gasteiger partial charge in [-0.15, -0.1) is 0 Å². The van der Waals surface area contributed by atoms with Crippen LogP contribution in [-0.4, -0.2) is 62.9 Å². The van der Waals surface area contributed by atoms with E-state index in [-0.39, 0.29) is 10.7 Å². The zero-order valence-electron chi connectivity index (χ0n) is 21.6. The van der Waals surface area contributed by atoms with E-state index in [1.807, 2.05) is 6.92 Å². The van der Waals surface area contributed by atoms with E-state index in [1.54, 1.807) is 10.9 Å². The number of aryl methyl sites for hydroxylation is 1. The van der Waals surface area contributed by atoms with Crippen molar-refractivity contribution in [1.82, 2.24) is 19.5 Å². The monoisotopic (exact) mass is 539 g/mol. The Bertz CT molecular complexity index is 1400. The molecular weight excluding hydrogens is 510 g/mol. The molecule has 4 atom stereocenters. The topological polar surface area (TPSA) is 109 Å². The first-order chi connectivity index (χ1) is 18.3. The van der Waals surface area contributed by atoms with Gasteiger partial charge in [0.1, 0.15) is 6.10 Å². The molecule has 0 saturated carbocycles. The van der Waals surface area contributed by atoms with Crippen LogP contribution < -0.4 is 4.90 Å². The van der Waals surface area contributed by atoms with Gasteiger partial charge in [-0.1, -0.05) is 31.2 Å². The summed E-state index contributed by atoms with van der Waals surface area (Å²) in [5.74, 6) is -0.319. The molecule has 38 heavy (non-hydrogen) atoms. The summed E-state index contributed by atoms with van der Waals surface area (Å²) in [6, 6.07) is 8.70. The minimum absolute atomic E-state index is 0.0878. The average Bonchev–Trinajstić information content (AvgIpc) is 3.42. The van der Waals surface area contributed by atoms with Crippen molar-refractivity contribution < 1.29 is 23.8 Å². The lowest BCUT2D eigenvalue weighted by atomic mass is 9.65. The predicted molar refractivity (Wildman–Crippen MR) is 139 cm³/mol. The molecule has 0 amide bonds. The summed E-state index contributed by atoms with van der Waals surface area (Å²) in [6.07, 6.45) is 2.65. The summed E-state index contributed by atoms with van der Waals surface area (Å²) < 4.78 is 19.1. The van der Waals surface area contributed by atoms with Gasteiger partial charge in [0.05, 0.1) is 6.33 Å². The van der Waals surface area contributed by atoms with Crippen LogP contribution in [0.3, 0.4) is 0 Å². The van der Waals surface area contributed by atoms with E-state index in [0.29, 0.717) is 23.4 Å². The number of esters is 2. The molecule has 1 unspecified atom stereocenters. The van der Waals surface area contributed by atoms with Crippen LogP contribution in [0.4, 0.5) is 5.82 Å². The van der Waals surface area contributed by atoms with E-state index in [9.17, 15) is 9.59 Å². The normalized spacial score (nSPS) is 25.7. The molecule has 6 rings (SSSR count). The van der Waals surface area contributed by atoms with Crippen molar-refractivity contribution in [2.45, 2.75) is 76.4 Å². The minimum atomic E-state index is -0.873. The Kier molecular flexibility index (Phi) is 6.26. The summed E-state index contributed by atoms with van der Waals surface area (Å²) in [4.78, 5) is 39.7. The standard InChI is InChI=1S/C27H30ClN5O5/c1-4-19-21(36-15(2)34)22(37-16(3)35)25(38-19)33-14-29-20-23(30-26(28)31-24(20)33)32-12-27(13-32)11-7-9-17-8-5-6-10-18(17)27/h5-6,8,10,14,19,21-22,25H,4,7,9,11-13H2,1-3H3/t19-,21?,22+,25-/m1/s1. The average molecular weight is 540 g/mol. The number of aromatic nitrogens is 4. The highest BCUT2D eigenvalue weighted by atomic mass is 35.5. The number of hydrogen-bond donors (Lipinski definition) is 0. The van der Waals surface area contributed by atoms with E-state index >= 15 is 0 Å². The van der Waals surface area contributed by atoms with Crippen molar-refractivity contribution in [2.75, 3.05) is 18.0 Å². The highest BCUT2D eigenvalue weighted by molar-refractivity contribution is 6.28. The van der Waals surface area contributed by atoms with Gasteiger partial charge < -0.3 is 19.1 Å². The van der Waals surface area contributed by atoms with Crippen LogP contribution in [0.1, 0.15) is 57.4 Å². The third-order valence-corrected chi connectivity index (χ3v) is 8.09. The molecule has 0 radical (unpaired) electrons. The molecule has 3 aromatic rings. The first-order valence-corrected chi connectivity index (χ1v) is 13.4. The number of halogens is 1. The summed E-state index contributed by atoms with van der Waals surface area (Å²) in [5.41, 5.74) is 4.00. The SMILES string of the molecule is CC[C@H]1O[C@@H](n2cnc3c(N4CC5(CCCc6ccccc65)C4)nc(Cl)nc32)[C@@H](OC(C)=O)C1OC(C)=O. The number of fused-ring (bicyclic) bond motifs is 3. The van der Waals surface area contributed by atoms with Gasteiger partial charge in [0, 0.05) is 32.4 Å². The number of carbonyl (C=O) groups is 2. The third kappa shape index (κ3) is 4.10. The van der Waals surface area contributed by atoms with Crippen LogP contribution in [0, 0.1) is 0 Å². The van der Waals surface area contributed by atoms with Crippen LogP contribution >= 0.6 is 11.6 Å². The molecule has 2 fully saturated rings. The van der Waals surface area contributed by atoms with E-state index in [1.165, 1.54) is 25.0 Å². The highest BCUT2D eigenvalue weighted by Crippen LogP contribution is 2.46. The van der Waals surface area contributed by atoms with E-state index in [0.717, 1.165) is 32.4 Å². The maximum Gasteiger partial charge on any atom is 0.303 e. The smallest absolute Gasteiger partial charge is 0.303 e. The van der Waals surface area contributed by atoms with Crippen molar-refractivity contribution in [1.29, 1.82) is 0 Å². The van der Waals surface area contributed by atoms with E-state index in [4.69, 9.17) is 25.8 Å². The zero-order valence-corrected chi connectivity index (χ0v) is 22.3. The second-order valence-corrected chi connectivity index (χ2v) is 10.7. The quantitative estimate of drug-likeness (QED) is 0.354. The fourth-order valence-corrected chi connectivity index (χ4v) is 6.52. The number of rotatable bonds is 5. The van der Waals surface area contributed by atoms with Gasteiger partial charge in [-0.25, -0.2) is 4.98 Å². The minimum Gasteiger partial charge on any atom is -0.456 e. The summed E-state index contributed by atoms with van der Waals surface area (Å²) in [6.45, 7) is 6.19. The molecule has 2 aromatic heterocycles. The summed E-state index contributed by atoms with van der Waals surface area (Å²) in [5, 5.41) is 0.0878. The Morgan fingerprint density at radius 2 is 1.87 bits per heavy atom. The van der Waals surface area contributed by atoms with Gasteiger partial charge in [0.15, 0.2) is 35.4 Å². The van der Waals surface area contributed by atoms with Crippen LogP contribution in [0.25, 0.3) is 11.2 Å². The molecule has 1 aliphatic carbocycles. The largest absolute Gasteiger partial charge is 0.456 e. The van der Waals surface area contributed by atoms with Crippen molar-refractivity contribution in [2.24, 2.45) is 0 Å². The van der Waals surface area contributed by atoms with Gasteiger partial charge >= 0.3 is 11.9 Å². The summed E-state index contributed by atoms with van der Waals surface area (Å²) >= 11 is 6.43. The van der Waals surface area contributed by atoms with Crippen molar-refractivity contribution in [3.8, 4) is 0 Å². The molecular formula is C27H30ClN5O5. The lowest BCUT2D eigenvalue weighted by Crippen LogP contribution is -2.61. The van der Waals surface area contributed by atoms with Crippen molar-refractivity contribution >= 4 is 40.5 Å². The molecule has 2 saturated heterocycles. The first-order valence-electron chi connectivity index (χ1n) is 13.0. The Hall–Kier alpha value is -3.24. The van der Waals surface area contributed by atoms with Crippen molar-refractivity contribution in [3.05, 3.63) is 47.0 Å². The third-order valence-electron chi connectivity index (χ3n) is 7.92. The fourth-order valence-electron chi connectivity index (χ4n) is 6.36. The number of anilines is 1. The molecule has 10 nitrogen and oxygen atoms in total. The van der Waals surface area contributed by atoms with Crippen LogP contribution in [-0.2, 0) is 35.6 Å². The molecule has 0 N–H and O–H groups in total. The molecule has 3 aliphatic rings. The number of carbonyl (C=O) groups excluding carboxylic acids is 2. The fraction of sp³-hybridized carbons (Fsp3) is 0.519. The maximum absolute atomic E-state index is 12.0. The number of benzene rings is 1. The van der Waals surface area contributed by atoms with Gasteiger partial charge in [-0.2, -0.15) is 9.97 Å². The number of imidazole rings is 1. The second kappa shape index (κ2) is 9.50. The first kappa shape index (κ1) is 25.1. The number of hydrogen-bond acceptors (Lipinski definition) is 9. The lowest BCUT2D eigenvalue weighted by molar-refractivity contribution is -0.165. The second-order valence-electron chi connectivity index (χ2n) is 10.4. The zero-order chi connectivity index (χ0) is 26.6. The van der Waals surface area contributed by atoms with Crippen LogP contribution in [0.15, 0.2) is 30.6 Å². The Labute approximate surface area is 225 Å². The highest BCUT2D eigenvalue weighted by Gasteiger charge is 2.51. The molecule has 2 aliphatic heterocycles. The Morgan fingerprint density at radius 3 is 2.61 bits per heavy atom. The molecule has 1 aromatic carbocycles. The molecule has 1 spiro atoms. The molecule has 11 heteroatoms. The van der Waals surface area contributed by atoms with E-state index in [2.05, 4.69) is 44.1 Å². The Balaban J connectivity index is 1.34. The lowest BCUT2D eigenvalue weighted by Gasteiger charge is -2.53. The molecule has 200 valence electrons. The van der Waals surface area contributed by atoms with Crippen LogP contribution in [0.5, 0.6) is 0 Å². The summed E-state index contributed by atoms with van der Waals surface area (Å²) in [7, 11) is 0. The van der Waals surface area contributed by atoms with Gasteiger partial charge in [0.2, 0.25) is 5.28 Å². The number of nitrogens with zero attached hydrogens (tertiary/aromatic N) is 5. The van der Waals surface area contributed by atoms with Gasteiger partial charge in [0.25, 0.3) is 0 Å².